The fourth-order valence-corrected chi connectivity index (χ4v) is 2.43. The summed E-state index contributed by atoms with van der Waals surface area (Å²) in [5, 5.41) is 18.4. The maximum Gasteiger partial charge on any atom is 0.257 e. The zero-order valence-corrected chi connectivity index (χ0v) is 13.6. The van der Waals surface area contributed by atoms with Gasteiger partial charge in [-0.05, 0) is 41.1 Å². The van der Waals surface area contributed by atoms with E-state index in [4.69, 9.17) is 10.9 Å². The van der Waals surface area contributed by atoms with Gasteiger partial charge in [-0.1, -0.05) is 17.3 Å². The molecule has 0 radical (unpaired) electrons. The Hall–Kier alpha value is -2.10. The number of nitrogens with two attached hydrogens (primary N) is 1. The van der Waals surface area contributed by atoms with Gasteiger partial charge in [0.15, 0.2) is 5.84 Å². The van der Waals surface area contributed by atoms with Gasteiger partial charge in [-0.2, -0.15) is 5.10 Å². The number of aryl methyl sites for hydroxylation is 2. The van der Waals surface area contributed by atoms with E-state index in [1.54, 1.807) is 13.1 Å². The summed E-state index contributed by atoms with van der Waals surface area (Å²) in [5.74, 6) is -0.0244. The van der Waals surface area contributed by atoms with Crippen LogP contribution in [0.4, 0.5) is 5.82 Å². The first kappa shape index (κ1) is 15.3. The van der Waals surface area contributed by atoms with Crippen molar-refractivity contribution >= 4 is 40.2 Å². The molecule has 1 amide bonds. The molecule has 0 spiro atoms. The van der Waals surface area contributed by atoms with E-state index in [1.165, 1.54) is 10.9 Å². The van der Waals surface area contributed by atoms with E-state index in [9.17, 15) is 4.79 Å². The van der Waals surface area contributed by atoms with Crippen molar-refractivity contribution in [3.05, 3.63) is 44.7 Å². The lowest BCUT2D eigenvalue weighted by Gasteiger charge is -2.10. The third-order valence-corrected chi connectivity index (χ3v) is 4.42. The molecule has 8 heteroatoms. The van der Waals surface area contributed by atoms with E-state index in [2.05, 4.69) is 38.2 Å². The van der Waals surface area contributed by atoms with Crippen molar-refractivity contribution in [1.82, 2.24) is 9.78 Å². The third-order valence-electron chi connectivity index (χ3n) is 2.99. The molecule has 4 N–H and O–H groups in total. The Bertz CT molecular complexity index is 723. The summed E-state index contributed by atoms with van der Waals surface area (Å²) >= 11 is 2.13. The fourth-order valence-electron chi connectivity index (χ4n) is 1.82. The van der Waals surface area contributed by atoms with Gasteiger partial charge in [0, 0.05) is 10.6 Å². The Morgan fingerprint density at radius 1 is 1.48 bits per heavy atom. The van der Waals surface area contributed by atoms with Gasteiger partial charge < -0.3 is 16.3 Å². The second-order valence-electron chi connectivity index (χ2n) is 4.41. The minimum absolute atomic E-state index is 0.114. The summed E-state index contributed by atoms with van der Waals surface area (Å²) in [7, 11) is 1.66. The number of carbonyl (C=O) groups is 1. The lowest BCUT2D eigenvalue weighted by atomic mass is 10.1. The molecule has 1 aromatic carbocycles. The molecule has 0 bridgehead atoms. The van der Waals surface area contributed by atoms with Gasteiger partial charge in [-0.15, -0.1) is 0 Å². The molecular weight excluding hydrogens is 385 g/mol. The number of nitrogens with one attached hydrogen (secondary N) is 1. The molecule has 0 saturated heterocycles. The number of benzene rings is 1. The molecular formula is C13H14IN5O2. The summed E-state index contributed by atoms with van der Waals surface area (Å²) in [6, 6.07) is 5.49. The average Bonchev–Trinajstić information content (AvgIpc) is 2.82. The monoisotopic (exact) mass is 399 g/mol. The molecule has 1 aromatic heterocycles. The van der Waals surface area contributed by atoms with E-state index in [-0.39, 0.29) is 11.7 Å². The topological polar surface area (TPSA) is 106 Å². The molecule has 0 unspecified atom stereocenters. The number of amidine groups is 1. The quantitative estimate of drug-likeness (QED) is 0.240. The van der Waals surface area contributed by atoms with Crippen molar-refractivity contribution in [2.45, 2.75) is 6.92 Å². The first-order chi connectivity index (χ1) is 9.95. The second-order valence-corrected chi connectivity index (χ2v) is 5.49. The maximum absolute atomic E-state index is 12.4. The third kappa shape index (κ3) is 2.99. The van der Waals surface area contributed by atoms with Gasteiger partial charge >= 0.3 is 0 Å². The normalized spacial score (nSPS) is 11.5. The van der Waals surface area contributed by atoms with Crippen LogP contribution in [0.15, 0.2) is 29.6 Å². The van der Waals surface area contributed by atoms with Crippen LogP contribution in [0, 0.1) is 10.5 Å². The Kier molecular flexibility index (Phi) is 4.46. The summed E-state index contributed by atoms with van der Waals surface area (Å²) in [5.41, 5.74) is 7.50. The molecule has 2 aromatic rings. The highest BCUT2D eigenvalue weighted by atomic mass is 127. The van der Waals surface area contributed by atoms with Crippen LogP contribution in [0.5, 0.6) is 0 Å². The summed E-state index contributed by atoms with van der Waals surface area (Å²) < 4.78 is 2.33. The van der Waals surface area contributed by atoms with Crippen molar-refractivity contribution in [2.75, 3.05) is 5.32 Å². The van der Waals surface area contributed by atoms with Crippen LogP contribution < -0.4 is 11.1 Å². The number of rotatable bonds is 3. The number of nitrogens with zero attached hydrogens (tertiary/aromatic N) is 3. The number of amides is 1. The standard InChI is InChI=1S/C13H14IN5O2/c1-7-4-3-5-8(10(7)14)13(20)17-12-9(11(15)18-21)6-16-19(12)2/h3-6,21H,1-2H3,(H2,15,18)(H,17,20). The van der Waals surface area contributed by atoms with Crippen LogP contribution in [-0.4, -0.2) is 26.7 Å². The smallest absolute Gasteiger partial charge is 0.257 e. The predicted octanol–water partition coefficient (Wildman–Crippen LogP) is 1.68. The highest BCUT2D eigenvalue weighted by molar-refractivity contribution is 14.1. The van der Waals surface area contributed by atoms with E-state index in [0.717, 1.165) is 9.13 Å². The molecule has 2 rings (SSSR count). The molecule has 1 heterocycles. The van der Waals surface area contributed by atoms with Gasteiger partial charge in [-0.25, -0.2) is 0 Å². The fraction of sp³-hybridized carbons (Fsp3) is 0.154. The predicted molar refractivity (Wildman–Crippen MR) is 87.6 cm³/mol. The number of aromatic nitrogens is 2. The van der Waals surface area contributed by atoms with Crippen molar-refractivity contribution in [3.8, 4) is 0 Å². The van der Waals surface area contributed by atoms with Crippen LogP contribution in [0.2, 0.25) is 0 Å². The highest BCUT2D eigenvalue weighted by Crippen LogP contribution is 2.20. The SMILES string of the molecule is Cc1cccc(C(=O)Nc2c(/C(N)=N/O)cnn2C)c1I. The Balaban J connectivity index is 2.37. The summed E-state index contributed by atoms with van der Waals surface area (Å²) in [4.78, 5) is 12.4. The van der Waals surface area contributed by atoms with Crippen LogP contribution >= 0.6 is 22.6 Å². The molecule has 0 aliphatic heterocycles. The highest BCUT2D eigenvalue weighted by Gasteiger charge is 2.18. The first-order valence-corrected chi connectivity index (χ1v) is 7.10. The Morgan fingerprint density at radius 2 is 2.19 bits per heavy atom. The van der Waals surface area contributed by atoms with Crippen molar-refractivity contribution < 1.29 is 10.0 Å². The van der Waals surface area contributed by atoms with E-state index in [1.807, 2.05) is 19.1 Å². The second kappa shape index (κ2) is 6.12. The Morgan fingerprint density at radius 3 is 2.86 bits per heavy atom. The summed E-state index contributed by atoms with van der Waals surface area (Å²) in [6.45, 7) is 1.93. The zero-order valence-electron chi connectivity index (χ0n) is 11.5. The molecule has 0 atom stereocenters. The molecule has 0 saturated carbocycles. The maximum atomic E-state index is 12.4. The van der Waals surface area contributed by atoms with Gasteiger partial charge in [-0.3, -0.25) is 9.48 Å². The lowest BCUT2D eigenvalue weighted by Crippen LogP contribution is -2.20. The van der Waals surface area contributed by atoms with Crippen molar-refractivity contribution in [1.29, 1.82) is 0 Å². The molecule has 0 aliphatic rings. The minimum atomic E-state index is -0.279. The molecule has 0 fully saturated rings. The van der Waals surface area contributed by atoms with E-state index in [0.29, 0.717) is 16.9 Å². The number of hydrogen-bond acceptors (Lipinski definition) is 4. The first-order valence-electron chi connectivity index (χ1n) is 6.02. The largest absolute Gasteiger partial charge is 0.409 e. The molecule has 21 heavy (non-hydrogen) atoms. The zero-order chi connectivity index (χ0) is 15.6. The number of halogens is 1. The molecule has 0 aliphatic carbocycles. The minimum Gasteiger partial charge on any atom is -0.409 e. The number of hydrogen-bond donors (Lipinski definition) is 3. The van der Waals surface area contributed by atoms with Crippen LogP contribution in [0.1, 0.15) is 21.5 Å². The number of anilines is 1. The van der Waals surface area contributed by atoms with Gasteiger partial charge in [0.05, 0.1) is 17.3 Å². The van der Waals surface area contributed by atoms with E-state index >= 15 is 0 Å². The average molecular weight is 399 g/mol. The van der Waals surface area contributed by atoms with Crippen LogP contribution in [0.25, 0.3) is 0 Å². The van der Waals surface area contributed by atoms with Crippen LogP contribution in [0.3, 0.4) is 0 Å². The Labute approximate surface area is 135 Å². The van der Waals surface area contributed by atoms with Crippen LogP contribution in [-0.2, 0) is 7.05 Å². The number of oxime groups is 1. The lowest BCUT2D eigenvalue weighted by molar-refractivity contribution is 0.102. The van der Waals surface area contributed by atoms with Gasteiger partial charge in [0.25, 0.3) is 5.91 Å². The molecule has 7 nitrogen and oxygen atoms in total. The summed E-state index contributed by atoms with van der Waals surface area (Å²) in [6.07, 6.45) is 1.42. The van der Waals surface area contributed by atoms with Gasteiger partial charge in [0.1, 0.15) is 5.82 Å². The van der Waals surface area contributed by atoms with Crippen molar-refractivity contribution in [2.24, 2.45) is 17.9 Å². The number of carbonyl (C=O) groups excluding carboxylic acids is 1. The van der Waals surface area contributed by atoms with Gasteiger partial charge in [0.2, 0.25) is 0 Å². The molecule has 110 valence electrons. The van der Waals surface area contributed by atoms with Crippen molar-refractivity contribution in [3.63, 3.8) is 0 Å². The van der Waals surface area contributed by atoms with E-state index < -0.39 is 0 Å².